The Balaban J connectivity index is 1.81. The quantitative estimate of drug-likeness (QED) is 0.797. The first-order valence-corrected chi connectivity index (χ1v) is 7.56. The van der Waals surface area contributed by atoms with Gasteiger partial charge in [0.2, 0.25) is 0 Å². The van der Waals surface area contributed by atoms with Crippen LogP contribution in [-0.2, 0) is 4.74 Å². The zero-order valence-corrected chi connectivity index (χ0v) is 12.9. The van der Waals surface area contributed by atoms with Gasteiger partial charge in [-0.25, -0.2) is 0 Å². The van der Waals surface area contributed by atoms with Crippen LogP contribution in [0.3, 0.4) is 0 Å². The van der Waals surface area contributed by atoms with Crippen LogP contribution >= 0.6 is 0 Å². The summed E-state index contributed by atoms with van der Waals surface area (Å²) in [6, 6.07) is 7.79. The van der Waals surface area contributed by atoms with Gasteiger partial charge in [0.25, 0.3) is 0 Å². The topological polar surface area (TPSA) is 62.6 Å². The lowest BCUT2D eigenvalue weighted by Crippen LogP contribution is -2.55. The van der Waals surface area contributed by atoms with E-state index >= 15 is 0 Å². The third-order valence-electron chi connectivity index (χ3n) is 4.86. The summed E-state index contributed by atoms with van der Waals surface area (Å²) in [6.45, 7) is 1.40. The predicted molar refractivity (Wildman–Crippen MR) is 80.9 cm³/mol. The average molecular weight is 300 g/mol. The van der Waals surface area contributed by atoms with E-state index in [1.54, 1.807) is 18.2 Å². The average Bonchev–Trinajstić information content (AvgIpc) is 2.53. The van der Waals surface area contributed by atoms with E-state index in [1.165, 1.54) is 7.11 Å². The summed E-state index contributed by atoms with van der Waals surface area (Å²) in [5, 5.41) is 9.03. The number of ether oxygens (including phenoxy) is 2. The van der Waals surface area contributed by atoms with Gasteiger partial charge in [-0.2, -0.15) is 5.26 Å². The fourth-order valence-electron chi connectivity index (χ4n) is 3.48. The number of hydrogen-bond acceptors (Lipinski definition) is 5. The number of carbonyl (C=O) groups excluding carboxylic acids is 1. The van der Waals surface area contributed by atoms with E-state index in [0.717, 1.165) is 12.8 Å². The van der Waals surface area contributed by atoms with Crippen LogP contribution in [0.2, 0.25) is 0 Å². The number of morpholine rings is 1. The molecule has 0 aliphatic carbocycles. The number of benzene rings is 1. The molecule has 22 heavy (non-hydrogen) atoms. The second-order valence-electron chi connectivity index (χ2n) is 6.07. The number of piperidine rings is 1. The minimum Gasteiger partial charge on any atom is -0.495 e. The Morgan fingerprint density at radius 2 is 2.05 bits per heavy atom. The summed E-state index contributed by atoms with van der Waals surface area (Å²) in [7, 11) is 3.63. The lowest BCUT2D eigenvalue weighted by Gasteiger charge is -2.46. The highest BCUT2D eigenvalue weighted by molar-refractivity contribution is 5.98. The lowest BCUT2D eigenvalue weighted by atomic mass is 9.81. The van der Waals surface area contributed by atoms with E-state index in [0.29, 0.717) is 42.2 Å². The molecule has 0 amide bonds. The summed E-state index contributed by atoms with van der Waals surface area (Å²) in [6.07, 6.45) is 1.66. The number of rotatable bonds is 3. The van der Waals surface area contributed by atoms with Crippen molar-refractivity contribution in [3.8, 4) is 11.8 Å². The van der Waals surface area contributed by atoms with Crippen LogP contribution in [0.15, 0.2) is 18.2 Å². The van der Waals surface area contributed by atoms with Gasteiger partial charge < -0.3 is 9.47 Å². The molecule has 3 rings (SSSR count). The molecule has 0 saturated carbocycles. The zero-order valence-electron chi connectivity index (χ0n) is 12.9. The highest BCUT2D eigenvalue weighted by Crippen LogP contribution is 2.33. The van der Waals surface area contributed by atoms with E-state index in [1.807, 2.05) is 0 Å². The Hall–Kier alpha value is -1.90. The molecule has 2 aliphatic rings. The molecule has 5 heteroatoms. The first-order valence-electron chi connectivity index (χ1n) is 7.56. The highest BCUT2D eigenvalue weighted by atomic mass is 16.5. The van der Waals surface area contributed by atoms with Crippen LogP contribution in [0.1, 0.15) is 28.8 Å². The maximum Gasteiger partial charge on any atom is 0.166 e. The molecule has 2 atom stereocenters. The molecule has 0 N–H and O–H groups in total. The molecule has 0 spiro atoms. The first-order chi connectivity index (χ1) is 10.6. The van der Waals surface area contributed by atoms with Gasteiger partial charge in [0.1, 0.15) is 11.8 Å². The number of methoxy groups -OCH3 is 1. The van der Waals surface area contributed by atoms with E-state index in [2.05, 4.69) is 18.0 Å². The maximum absolute atomic E-state index is 12.8. The van der Waals surface area contributed by atoms with Crippen molar-refractivity contribution in [3.63, 3.8) is 0 Å². The van der Waals surface area contributed by atoms with Gasteiger partial charge >= 0.3 is 0 Å². The number of nitriles is 1. The summed E-state index contributed by atoms with van der Waals surface area (Å²) in [4.78, 5) is 15.1. The number of hydrogen-bond donors (Lipinski definition) is 0. The fourth-order valence-corrected chi connectivity index (χ4v) is 3.48. The molecular formula is C17H20N2O3. The summed E-state index contributed by atoms with van der Waals surface area (Å²) in [5.74, 6) is 0.630. The maximum atomic E-state index is 12.8. The van der Waals surface area contributed by atoms with E-state index in [-0.39, 0.29) is 11.7 Å². The number of nitrogens with zero attached hydrogens (tertiary/aromatic N) is 2. The molecule has 5 nitrogen and oxygen atoms in total. The van der Waals surface area contributed by atoms with Crippen molar-refractivity contribution in [1.82, 2.24) is 4.90 Å². The Morgan fingerprint density at radius 3 is 2.64 bits per heavy atom. The van der Waals surface area contributed by atoms with Crippen LogP contribution in [0.25, 0.3) is 0 Å². The van der Waals surface area contributed by atoms with E-state index in [9.17, 15) is 4.79 Å². The van der Waals surface area contributed by atoms with Crippen molar-refractivity contribution in [3.05, 3.63) is 29.3 Å². The van der Waals surface area contributed by atoms with Gasteiger partial charge in [-0.05, 0) is 38.1 Å². The van der Waals surface area contributed by atoms with Crippen molar-refractivity contribution < 1.29 is 14.3 Å². The van der Waals surface area contributed by atoms with Crippen LogP contribution in [0.5, 0.6) is 5.75 Å². The minimum atomic E-state index is 0.0211. The Morgan fingerprint density at radius 1 is 1.36 bits per heavy atom. The summed E-state index contributed by atoms with van der Waals surface area (Å²) < 4.78 is 10.8. The molecule has 2 unspecified atom stereocenters. The van der Waals surface area contributed by atoms with Crippen LogP contribution in [0.4, 0.5) is 0 Å². The second-order valence-corrected chi connectivity index (χ2v) is 6.07. The second kappa shape index (κ2) is 6.07. The standard InChI is InChI=1S/C17H20N2O3/c1-19-14-5-13(6-15(19)10-22-9-14)17(20)11-3-4-12(8-18)16(7-11)21-2/h3-4,7,13-15H,5-6,9-10H2,1-2H3. The number of carbonyl (C=O) groups is 1. The molecular weight excluding hydrogens is 280 g/mol. The number of fused-ring (bicyclic) bond motifs is 2. The predicted octanol–water partition coefficient (Wildman–Crippen LogP) is 1.86. The Kier molecular flexibility index (Phi) is 4.14. The van der Waals surface area contributed by atoms with Gasteiger partial charge in [-0.1, -0.05) is 0 Å². The highest BCUT2D eigenvalue weighted by Gasteiger charge is 2.39. The van der Waals surface area contributed by atoms with Crippen molar-refractivity contribution in [2.45, 2.75) is 24.9 Å². The van der Waals surface area contributed by atoms with E-state index in [4.69, 9.17) is 14.7 Å². The Labute approximate surface area is 130 Å². The first kappa shape index (κ1) is 15.0. The van der Waals surface area contributed by atoms with Crippen molar-refractivity contribution >= 4 is 5.78 Å². The third kappa shape index (κ3) is 2.60. The summed E-state index contributed by atoms with van der Waals surface area (Å²) in [5.41, 5.74) is 1.08. The van der Waals surface area contributed by atoms with Crippen molar-refractivity contribution in [2.24, 2.45) is 5.92 Å². The molecule has 2 bridgehead atoms. The van der Waals surface area contributed by atoms with Crippen LogP contribution in [-0.4, -0.2) is 50.1 Å². The molecule has 116 valence electrons. The third-order valence-corrected chi connectivity index (χ3v) is 4.86. The SMILES string of the molecule is COc1cc(C(=O)C2CC3COCC(C2)N3C)ccc1C#N. The minimum absolute atomic E-state index is 0.0211. The zero-order chi connectivity index (χ0) is 15.7. The molecule has 2 aliphatic heterocycles. The Bertz CT molecular complexity index is 609. The lowest BCUT2D eigenvalue weighted by molar-refractivity contribution is -0.0702. The monoisotopic (exact) mass is 300 g/mol. The molecule has 0 aromatic heterocycles. The summed E-state index contributed by atoms with van der Waals surface area (Å²) >= 11 is 0. The van der Waals surface area contributed by atoms with Crippen LogP contribution < -0.4 is 4.74 Å². The number of likely N-dealkylation sites (N-methyl/N-ethyl adjacent to an activating group) is 1. The van der Waals surface area contributed by atoms with Gasteiger partial charge in [-0.15, -0.1) is 0 Å². The largest absolute Gasteiger partial charge is 0.495 e. The fraction of sp³-hybridized carbons (Fsp3) is 0.529. The van der Waals surface area contributed by atoms with Crippen molar-refractivity contribution in [2.75, 3.05) is 27.4 Å². The molecule has 2 saturated heterocycles. The van der Waals surface area contributed by atoms with Gasteiger partial charge in [0.15, 0.2) is 5.78 Å². The number of ketones is 1. The molecule has 1 aromatic rings. The smallest absolute Gasteiger partial charge is 0.166 e. The van der Waals surface area contributed by atoms with Gasteiger partial charge in [-0.3, -0.25) is 9.69 Å². The van der Waals surface area contributed by atoms with Gasteiger partial charge in [0.05, 0.1) is 25.9 Å². The molecule has 2 heterocycles. The van der Waals surface area contributed by atoms with E-state index < -0.39 is 0 Å². The molecule has 0 radical (unpaired) electrons. The van der Waals surface area contributed by atoms with Gasteiger partial charge in [0, 0.05) is 23.6 Å². The number of Topliss-reactive ketones (excluding diaryl/α,β-unsaturated/α-hetero) is 1. The molecule has 1 aromatic carbocycles. The van der Waals surface area contributed by atoms with Crippen LogP contribution in [0, 0.1) is 17.2 Å². The van der Waals surface area contributed by atoms with Crippen molar-refractivity contribution in [1.29, 1.82) is 5.26 Å². The normalized spacial score (nSPS) is 28.0. The molecule has 2 fully saturated rings.